The number of carbonyl (C=O) groups excluding carboxylic acids is 2. The molecule has 3 saturated heterocycles. The van der Waals surface area contributed by atoms with Crippen LogP contribution in [0.5, 0.6) is 0 Å². The number of piperazine rings is 1. The average Bonchev–Trinajstić information content (AvgIpc) is 3.19. The van der Waals surface area contributed by atoms with Crippen LogP contribution in [0.1, 0.15) is 11.6 Å². The number of morpholine rings is 2. The lowest BCUT2D eigenvalue weighted by atomic mass is 10.1. The Balaban J connectivity index is 1.51. The zero-order chi connectivity index (χ0) is 19.5. The van der Waals surface area contributed by atoms with Crippen molar-refractivity contribution in [3.05, 3.63) is 18.0 Å². The van der Waals surface area contributed by atoms with Crippen LogP contribution in [0, 0.1) is 0 Å². The van der Waals surface area contributed by atoms with Gasteiger partial charge < -0.3 is 29.1 Å². The molecule has 1 aromatic rings. The molecule has 3 aliphatic rings. The smallest absolute Gasteiger partial charge is 0.320 e. The van der Waals surface area contributed by atoms with E-state index < -0.39 is 0 Å². The monoisotopic (exact) mass is 392 g/mol. The highest BCUT2D eigenvalue weighted by Crippen LogP contribution is 2.27. The molecule has 0 aliphatic carbocycles. The summed E-state index contributed by atoms with van der Waals surface area (Å²) in [4.78, 5) is 33.5. The van der Waals surface area contributed by atoms with Crippen LogP contribution in [0.25, 0.3) is 0 Å². The molecule has 0 aromatic carbocycles. The van der Waals surface area contributed by atoms with Gasteiger partial charge in [-0.2, -0.15) is 5.10 Å². The van der Waals surface area contributed by atoms with Crippen LogP contribution >= 0.6 is 0 Å². The number of nitrogens with zero attached hydrogens (tertiary/aromatic N) is 6. The van der Waals surface area contributed by atoms with Gasteiger partial charge in [-0.1, -0.05) is 0 Å². The second-order valence-corrected chi connectivity index (χ2v) is 7.37. The maximum Gasteiger partial charge on any atom is 0.320 e. The van der Waals surface area contributed by atoms with E-state index in [1.54, 1.807) is 10.9 Å². The molecule has 0 bridgehead atoms. The summed E-state index contributed by atoms with van der Waals surface area (Å²) in [6.45, 7) is 6.23. The van der Waals surface area contributed by atoms with Gasteiger partial charge in [-0.3, -0.25) is 4.68 Å². The highest BCUT2D eigenvalue weighted by atomic mass is 16.5. The van der Waals surface area contributed by atoms with Crippen LogP contribution < -0.4 is 0 Å². The lowest BCUT2D eigenvalue weighted by molar-refractivity contribution is 0.0203. The van der Waals surface area contributed by atoms with Crippen molar-refractivity contribution in [3.63, 3.8) is 0 Å². The zero-order valence-corrected chi connectivity index (χ0v) is 16.3. The molecule has 1 unspecified atom stereocenters. The fraction of sp³-hybridized carbons (Fsp3) is 0.722. The van der Waals surface area contributed by atoms with Gasteiger partial charge in [0.15, 0.2) is 0 Å². The van der Waals surface area contributed by atoms with Gasteiger partial charge in [0.1, 0.15) is 0 Å². The molecule has 1 atom stereocenters. The first-order valence-electron chi connectivity index (χ1n) is 9.87. The van der Waals surface area contributed by atoms with Crippen LogP contribution in [-0.2, 0) is 16.5 Å². The van der Waals surface area contributed by atoms with E-state index in [1.807, 2.05) is 32.8 Å². The molecule has 0 radical (unpaired) electrons. The highest BCUT2D eigenvalue weighted by molar-refractivity contribution is 5.77. The first-order chi connectivity index (χ1) is 13.6. The largest absolute Gasteiger partial charge is 0.378 e. The van der Waals surface area contributed by atoms with Crippen LogP contribution in [0.2, 0.25) is 0 Å². The van der Waals surface area contributed by atoms with Crippen molar-refractivity contribution in [2.75, 3.05) is 72.2 Å². The summed E-state index contributed by atoms with van der Waals surface area (Å²) in [5, 5.41) is 4.27. The van der Waals surface area contributed by atoms with Crippen molar-refractivity contribution in [1.29, 1.82) is 0 Å². The van der Waals surface area contributed by atoms with Gasteiger partial charge in [0.2, 0.25) is 0 Å². The lowest BCUT2D eigenvalue weighted by Gasteiger charge is -2.44. The van der Waals surface area contributed by atoms with Gasteiger partial charge in [0, 0.05) is 64.6 Å². The summed E-state index contributed by atoms with van der Waals surface area (Å²) in [7, 11) is 1.86. The van der Waals surface area contributed by atoms with E-state index in [-0.39, 0.29) is 18.1 Å². The molecular weight excluding hydrogens is 364 g/mol. The van der Waals surface area contributed by atoms with Crippen LogP contribution in [-0.4, -0.2) is 114 Å². The van der Waals surface area contributed by atoms with Gasteiger partial charge in [-0.25, -0.2) is 9.59 Å². The van der Waals surface area contributed by atoms with Gasteiger partial charge in [-0.15, -0.1) is 0 Å². The topological polar surface area (TPSA) is 83.4 Å². The molecule has 10 heteroatoms. The van der Waals surface area contributed by atoms with E-state index in [1.165, 1.54) is 0 Å². The predicted molar refractivity (Wildman–Crippen MR) is 99.8 cm³/mol. The van der Waals surface area contributed by atoms with Crippen molar-refractivity contribution >= 4 is 12.1 Å². The van der Waals surface area contributed by atoms with Gasteiger partial charge in [0.05, 0.1) is 38.7 Å². The molecule has 0 spiro atoms. The van der Waals surface area contributed by atoms with Crippen molar-refractivity contribution in [2.45, 2.75) is 6.04 Å². The van der Waals surface area contributed by atoms with E-state index in [0.717, 1.165) is 5.56 Å². The molecule has 3 fully saturated rings. The molecule has 1 aromatic heterocycles. The SMILES string of the molecule is Cn1cc(C2CN(C(=O)N3CCOCC3)CCN2C(=O)N2CCOCC2)cn1. The predicted octanol–water partition coefficient (Wildman–Crippen LogP) is -0.0168. The van der Waals surface area contributed by atoms with Crippen LogP contribution in [0.15, 0.2) is 12.4 Å². The highest BCUT2D eigenvalue weighted by Gasteiger charge is 2.37. The molecule has 4 heterocycles. The summed E-state index contributed by atoms with van der Waals surface area (Å²) in [6, 6.07) is -0.172. The third kappa shape index (κ3) is 3.93. The van der Waals surface area contributed by atoms with Crippen molar-refractivity contribution in [2.24, 2.45) is 7.05 Å². The van der Waals surface area contributed by atoms with Crippen molar-refractivity contribution in [1.82, 2.24) is 29.4 Å². The Hall–Kier alpha value is -2.33. The summed E-state index contributed by atoms with van der Waals surface area (Å²) in [5.74, 6) is 0. The summed E-state index contributed by atoms with van der Waals surface area (Å²) in [6.07, 6.45) is 3.71. The third-order valence-corrected chi connectivity index (χ3v) is 5.57. The van der Waals surface area contributed by atoms with Gasteiger partial charge >= 0.3 is 12.1 Å². The number of aromatic nitrogens is 2. The number of amides is 4. The van der Waals surface area contributed by atoms with Crippen molar-refractivity contribution in [3.8, 4) is 0 Å². The van der Waals surface area contributed by atoms with Gasteiger partial charge in [-0.05, 0) is 0 Å². The molecule has 0 saturated carbocycles. The summed E-state index contributed by atoms with van der Waals surface area (Å²) in [5.41, 5.74) is 0.948. The maximum absolute atomic E-state index is 13.2. The molecule has 28 heavy (non-hydrogen) atoms. The van der Waals surface area contributed by atoms with E-state index >= 15 is 0 Å². The Labute approximate surface area is 164 Å². The third-order valence-electron chi connectivity index (χ3n) is 5.57. The minimum absolute atomic E-state index is 0.00984. The summed E-state index contributed by atoms with van der Waals surface area (Å²) >= 11 is 0. The molecule has 0 N–H and O–H groups in total. The van der Waals surface area contributed by atoms with Crippen molar-refractivity contribution < 1.29 is 19.1 Å². The number of aryl methyl sites for hydroxylation is 1. The Morgan fingerprint density at radius 3 is 2.07 bits per heavy atom. The Bertz CT molecular complexity index is 698. The average molecular weight is 392 g/mol. The molecule has 4 rings (SSSR count). The standard InChI is InChI=1S/C18H28N6O4/c1-20-13-15(12-19-20)16-14-23(17(25)21-4-8-27-9-5-21)2-3-24(16)18(26)22-6-10-28-11-7-22/h12-13,16H,2-11,14H2,1H3. The number of urea groups is 2. The number of ether oxygens (including phenoxy) is 2. The van der Waals surface area contributed by atoms with Crippen LogP contribution in [0.3, 0.4) is 0 Å². The van der Waals surface area contributed by atoms with E-state index in [9.17, 15) is 9.59 Å². The Morgan fingerprint density at radius 2 is 1.50 bits per heavy atom. The summed E-state index contributed by atoms with van der Waals surface area (Å²) < 4.78 is 12.5. The Morgan fingerprint density at radius 1 is 0.893 bits per heavy atom. The quantitative estimate of drug-likeness (QED) is 0.671. The first kappa shape index (κ1) is 19.0. The molecule has 3 aliphatic heterocycles. The van der Waals surface area contributed by atoms with E-state index in [4.69, 9.17) is 9.47 Å². The second kappa shape index (κ2) is 8.36. The fourth-order valence-corrected chi connectivity index (χ4v) is 3.97. The minimum Gasteiger partial charge on any atom is -0.378 e. The minimum atomic E-state index is -0.206. The fourth-order valence-electron chi connectivity index (χ4n) is 3.97. The number of rotatable bonds is 1. The number of carbonyl (C=O) groups is 2. The Kier molecular flexibility index (Phi) is 5.67. The molecule has 4 amide bonds. The zero-order valence-electron chi connectivity index (χ0n) is 16.3. The maximum atomic E-state index is 13.2. The second-order valence-electron chi connectivity index (χ2n) is 7.37. The molecule has 154 valence electrons. The number of hydrogen-bond acceptors (Lipinski definition) is 5. The molecule has 10 nitrogen and oxygen atoms in total. The first-order valence-corrected chi connectivity index (χ1v) is 9.87. The van der Waals surface area contributed by atoms with E-state index in [2.05, 4.69) is 5.10 Å². The van der Waals surface area contributed by atoms with Crippen LogP contribution in [0.4, 0.5) is 9.59 Å². The number of hydrogen-bond donors (Lipinski definition) is 0. The molecular formula is C18H28N6O4. The van der Waals surface area contributed by atoms with E-state index in [0.29, 0.717) is 72.2 Å². The van der Waals surface area contributed by atoms with Gasteiger partial charge in [0.25, 0.3) is 0 Å². The lowest BCUT2D eigenvalue weighted by Crippen LogP contribution is -2.59. The normalized spacial score (nSPS) is 23.8.